The standard InChI is InChI=1S/C20H23ClN4OS/c1-13-17-19(22-12-23-20(17)27-18(13)21)24-15-7-9-25(10-8-15)11-14-5-3-4-6-16(14)26-2/h3-6,12,15H,7-11H2,1-2H3,(H,22,23,24). The van der Waals surface area contributed by atoms with E-state index >= 15 is 0 Å². The van der Waals surface area contributed by atoms with E-state index < -0.39 is 0 Å². The number of nitrogens with zero attached hydrogens (tertiary/aromatic N) is 3. The molecule has 0 spiro atoms. The minimum Gasteiger partial charge on any atom is -0.496 e. The number of aromatic nitrogens is 2. The number of anilines is 1. The first-order chi connectivity index (χ1) is 13.2. The van der Waals surface area contributed by atoms with Crippen molar-refractivity contribution in [3.63, 3.8) is 0 Å². The quantitative estimate of drug-likeness (QED) is 0.668. The summed E-state index contributed by atoms with van der Waals surface area (Å²) in [7, 11) is 1.73. The maximum atomic E-state index is 6.29. The Morgan fingerprint density at radius 3 is 2.81 bits per heavy atom. The number of aryl methyl sites for hydroxylation is 1. The van der Waals surface area contributed by atoms with Gasteiger partial charge >= 0.3 is 0 Å². The average molecular weight is 403 g/mol. The third-order valence-electron chi connectivity index (χ3n) is 5.18. The molecule has 1 saturated heterocycles. The molecule has 1 fully saturated rings. The Bertz CT molecular complexity index is 937. The molecule has 3 aromatic rings. The Balaban J connectivity index is 1.40. The van der Waals surface area contributed by atoms with Crippen molar-refractivity contribution in [2.75, 3.05) is 25.5 Å². The van der Waals surface area contributed by atoms with E-state index in [1.54, 1.807) is 13.4 Å². The Labute approximate surface area is 168 Å². The number of piperidine rings is 1. The van der Waals surface area contributed by atoms with E-state index in [0.29, 0.717) is 6.04 Å². The van der Waals surface area contributed by atoms with Crippen LogP contribution in [0.3, 0.4) is 0 Å². The van der Waals surface area contributed by atoms with E-state index in [1.165, 1.54) is 16.9 Å². The molecule has 0 atom stereocenters. The van der Waals surface area contributed by atoms with E-state index in [2.05, 4.69) is 32.3 Å². The summed E-state index contributed by atoms with van der Waals surface area (Å²) in [5.74, 6) is 1.87. The second-order valence-electron chi connectivity index (χ2n) is 6.91. The largest absolute Gasteiger partial charge is 0.496 e. The number of fused-ring (bicyclic) bond motifs is 1. The van der Waals surface area contributed by atoms with Gasteiger partial charge in [-0.25, -0.2) is 9.97 Å². The number of methoxy groups -OCH3 is 1. The number of thiophene rings is 1. The normalized spacial score (nSPS) is 16.0. The van der Waals surface area contributed by atoms with Gasteiger partial charge in [-0.3, -0.25) is 4.90 Å². The zero-order valence-corrected chi connectivity index (χ0v) is 17.1. The number of likely N-dealkylation sites (tertiary alicyclic amines) is 1. The summed E-state index contributed by atoms with van der Waals surface area (Å²) < 4.78 is 6.27. The summed E-state index contributed by atoms with van der Waals surface area (Å²) >= 11 is 7.81. The molecule has 4 rings (SSSR count). The molecule has 0 aliphatic carbocycles. The number of hydrogen-bond donors (Lipinski definition) is 1. The zero-order valence-electron chi connectivity index (χ0n) is 15.5. The molecule has 1 aliphatic heterocycles. The van der Waals surface area contributed by atoms with Crippen LogP contribution < -0.4 is 10.1 Å². The Morgan fingerprint density at radius 1 is 1.26 bits per heavy atom. The lowest BCUT2D eigenvalue weighted by Crippen LogP contribution is -2.38. The lowest BCUT2D eigenvalue weighted by atomic mass is 10.0. The van der Waals surface area contributed by atoms with Gasteiger partial charge in [0.2, 0.25) is 0 Å². The predicted octanol–water partition coefficient (Wildman–Crippen LogP) is 4.74. The van der Waals surface area contributed by atoms with Gasteiger partial charge in [0.1, 0.15) is 22.7 Å². The van der Waals surface area contributed by atoms with Crippen LogP contribution in [0.4, 0.5) is 5.82 Å². The van der Waals surface area contributed by atoms with Gasteiger partial charge < -0.3 is 10.1 Å². The number of benzene rings is 1. The van der Waals surface area contributed by atoms with Crippen molar-refractivity contribution in [3.05, 3.63) is 46.1 Å². The van der Waals surface area contributed by atoms with E-state index in [0.717, 1.165) is 64.2 Å². The molecule has 0 bridgehead atoms. The fraction of sp³-hybridized carbons (Fsp3) is 0.400. The molecule has 1 N–H and O–H groups in total. The minimum atomic E-state index is 0.412. The van der Waals surface area contributed by atoms with Crippen LogP contribution in [0.25, 0.3) is 10.2 Å². The Morgan fingerprint density at radius 2 is 2.04 bits per heavy atom. The average Bonchev–Trinajstić information content (AvgIpc) is 2.99. The summed E-state index contributed by atoms with van der Waals surface area (Å²) in [4.78, 5) is 12.3. The summed E-state index contributed by atoms with van der Waals surface area (Å²) in [6, 6.07) is 8.66. The van der Waals surface area contributed by atoms with Crippen molar-refractivity contribution in [2.45, 2.75) is 32.4 Å². The third kappa shape index (κ3) is 3.88. The van der Waals surface area contributed by atoms with Crippen LogP contribution >= 0.6 is 22.9 Å². The molecular formula is C20H23ClN4OS. The van der Waals surface area contributed by atoms with Crippen LogP contribution in [-0.2, 0) is 6.54 Å². The van der Waals surface area contributed by atoms with Crippen LogP contribution in [-0.4, -0.2) is 41.1 Å². The van der Waals surface area contributed by atoms with E-state index in [-0.39, 0.29) is 0 Å². The number of nitrogens with one attached hydrogen (secondary N) is 1. The molecular weight excluding hydrogens is 380 g/mol. The van der Waals surface area contributed by atoms with E-state index in [1.807, 2.05) is 19.1 Å². The monoisotopic (exact) mass is 402 g/mol. The van der Waals surface area contributed by atoms with Gasteiger partial charge in [-0.05, 0) is 31.4 Å². The lowest BCUT2D eigenvalue weighted by molar-refractivity contribution is 0.209. The van der Waals surface area contributed by atoms with Crippen LogP contribution in [0.5, 0.6) is 5.75 Å². The summed E-state index contributed by atoms with van der Waals surface area (Å²) in [6.45, 7) is 5.06. The molecule has 0 radical (unpaired) electrons. The highest BCUT2D eigenvalue weighted by Crippen LogP contribution is 2.36. The van der Waals surface area contributed by atoms with Crippen molar-refractivity contribution < 1.29 is 4.74 Å². The molecule has 5 nitrogen and oxygen atoms in total. The highest BCUT2D eigenvalue weighted by molar-refractivity contribution is 7.22. The molecule has 142 valence electrons. The molecule has 2 aromatic heterocycles. The third-order valence-corrected chi connectivity index (χ3v) is 6.69. The lowest BCUT2D eigenvalue weighted by Gasteiger charge is -2.33. The Hall–Kier alpha value is -1.89. The maximum Gasteiger partial charge on any atom is 0.138 e. The minimum absolute atomic E-state index is 0.412. The predicted molar refractivity (Wildman–Crippen MR) is 112 cm³/mol. The molecule has 0 saturated carbocycles. The van der Waals surface area contributed by atoms with Gasteiger partial charge in [0.25, 0.3) is 0 Å². The molecule has 0 amide bonds. The second kappa shape index (κ2) is 8.00. The molecule has 3 heterocycles. The summed E-state index contributed by atoms with van der Waals surface area (Å²) in [5, 5.41) is 4.69. The fourth-order valence-electron chi connectivity index (χ4n) is 3.66. The van der Waals surface area contributed by atoms with Crippen molar-refractivity contribution in [2.24, 2.45) is 0 Å². The van der Waals surface area contributed by atoms with Crippen LogP contribution in [0.2, 0.25) is 4.34 Å². The van der Waals surface area contributed by atoms with Crippen LogP contribution in [0.15, 0.2) is 30.6 Å². The molecule has 0 unspecified atom stereocenters. The van der Waals surface area contributed by atoms with E-state index in [4.69, 9.17) is 16.3 Å². The van der Waals surface area contributed by atoms with Crippen molar-refractivity contribution in [1.29, 1.82) is 0 Å². The first kappa shape index (κ1) is 18.5. The van der Waals surface area contributed by atoms with Gasteiger partial charge in [-0.15, -0.1) is 11.3 Å². The maximum absolute atomic E-state index is 6.29. The first-order valence-corrected chi connectivity index (χ1v) is 10.4. The zero-order chi connectivity index (χ0) is 18.8. The van der Waals surface area contributed by atoms with Crippen molar-refractivity contribution in [3.8, 4) is 5.75 Å². The fourth-order valence-corrected chi connectivity index (χ4v) is 4.85. The van der Waals surface area contributed by atoms with Gasteiger partial charge in [0.15, 0.2) is 0 Å². The number of para-hydroxylation sites is 1. The highest BCUT2D eigenvalue weighted by Gasteiger charge is 2.22. The Kier molecular flexibility index (Phi) is 5.48. The first-order valence-electron chi connectivity index (χ1n) is 9.16. The second-order valence-corrected chi connectivity index (χ2v) is 8.51. The van der Waals surface area contributed by atoms with E-state index in [9.17, 15) is 0 Å². The van der Waals surface area contributed by atoms with Crippen LogP contribution in [0, 0.1) is 6.92 Å². The summed E-state index contributed by atoms with van der Waals surface area (Å²) in [5.41, 5.74) is 2.31. The number of ether oxygens (including phenoxy) is 1. The van der Waals surface area contributed by atoms with Crippen LogP contribution in [0.1, 0.15) is 24.0 Å². The van der Waals surface area contributed by atoms with Crippen molar-refractivity contribution >= 4 is 39.0 Å². The smallest absolute Gasteiger partial charge is 0.138 e. The van der Waals surface area contributed by atoms with Gasteiger partial charge in [-0.1, -0.05) is 29.8 Å². The van der Waals surface area contributed by atoms with Crippen molar-refractivity contribution in [1.82, 2.24) is 14.9 Å². The van der Waals surface area contributed by atoms with Gasteiger partial charge in [0, 0.05) is 31.2 Å². The van der Waals surface area contributed by atoms with Gasteiger partial charge in [0.05, 0.1) is 16.8 Å². The molecule has 27 heavy (non-hydrogen) atoms. The van der Waals surface area contributed by atoms with Gasteiger partial charge in [-0.2, -0.15) is 0 Å². The molecule has 1 aliphatic rings. The molecule has 7 heteroatoms. The molecule has 1 aromatic carbocycles. The number of rotatable bonds is 5. The SMILES string of the molecule is COc1ccccc1CN1CCC(Nc2ncnc3sc(Cl)c(C)c23)CC1. The topological polar surface area (TPSA) is 50.3 Å². The number of hydrogen-bond acceptors (Lipinski definition) is 6. The highest BCUT2D eigenvalue weighted by atomic mass is 35.5. The number of halogens is 1. The summed E-state index contributed by atoms with van der Waals surface area (Å²) in [6.07, 6.45) is 3.78.